The lowest BCUT2D eigenvalue weighted by atomic mass is 10.1. The molecular formula is C13H14N4O2. The highest BCUT2D eigenvalue weighted by Gasteiger charge is 2.02. The van der Waals surface area contributed by atoms with Crippen LogP contribution in [0.15, 0.2) is 36.7 Å². The van der Waals surface area contributed by atoms with Crippen molar-refractivity contribution in [1.29, 1.82) is 5.41 Å². The number of aromatic nitrogens is 2. The second-order valence-corrected chi connectivity index (χ2v) is 3.82. The van der Waals surface area contributed by atoms with Crippen LogP contribution in [-0.2, 0) is 0 Å². The average molecular weight is 258 g/mol. The minimum absolute atomic E-state index is 0.0375. The molecule has 0 fully saturated rings. The number of aliphatic hydroxyl groups excluding tert-OH is 1. The number of aliphatic hydroxyl groups is 1. The normalized spacial score (nSPS) is 10.2. The van der Waals surface area contributed by atoms with Crippen LogP contribution in [0.5, 0.6) is 6.01 Å². The van der Waals surface area contributed by atoms with E-state index in [0.29, 0.717) is 5.56 Å². The number of rotatable bonds is 5. The zero-order chi connectivity index (χ0) is 13.7. The number of hydrogen-bond donors (Lipinski definition) is 3. The summed E-state index contributed by atoms with van der Waals surface area (Å²) in [6.45, 7) is 0.101. The monoisotopic (exact) mass is 258 g/mol. The summed E-state index contributed by atoms with van der Waals surface area (Å²) in [5, 5.41) is 15.9. The third-order valence-corrected chi connectivity index (χ3v) is 2.48. The van der Waals surface area contributed by atoms with E-state index < -0.39 is 0 Å². The van der Waals surface area contributed by atoms with E-state index in [1.54, 1.807) is 24.5 Å². The number of nitrogens with one attached hydrogen (secondary N) is 1. The van der Waals surface area contributed by atoms with Crippen LogP contribution in [0.25, 0.3) is 11.1 Å². The van der Waals surface area contributed by atoms with Crippen LogP contribution in [0.4, 0.5) is 0 Å². The molecule has 2 aromatic rings. The van der Waals surface area contributed by atoms with Crippen molar-refractivity contribution in [3.63, 3.8) is 0 Å². The van der Waals surface area contributed by atoms with Gasteiger partial charge in [-0.3, -0.25) is 5.41 Å². The van der Waals surface area contributed by atoms with Crippen LogP contribution in [0.3, 0.4) is 0 Å². The first-order valence-electron chi connectivity index (χ1n) is 5.71. The molecule has 1 aromatic carbocycles. The Labute approximate surface area is 110 Å². The molecule has 0 atom stereocenters. The Balaban J connectivity index is 2.15. The third-order valence-electron chi connectivity index (χ3n) is 2.48. The van der Waals surface area contributed by atoms with Gasteiger partial charge in [-0.1, -0.05) is 24.3 Å². The lowest BCUT2D eigenvalue weighted by molar-refractivity contribution is 0.191. The molecule has 1 heterocycles. The molecule has 0 aliphatic carbocycles. The topological polar surface area (TPSA) is 105 Å². The summed E-state index contributed by atoms with van der Waals surface area (Å²) >= 11 is 0. The minimum Gasteiger partial charge on any atom is -0.461 e. The summed E-state index contributed by atoms with van der Waals surface area (Å²) in [6, 6.07) is 7.48. The molecule has 98 valence electrons. The SMILES string of the molecule is N=C(N)c1ccc(-c2cnc(OCCO)nc2)cc1. The second kappa shape index (κ2) is 5.92. The van der Waals surface area contributed by atoms with Gasteiger partial charge in [-0.2, -0.15) is 0 Å². The van der Waals surface area contributed by atoms with Crippen LogP contribution in [-0.4, -0.2) is 34.1 Å². The van der Waals surface area contributed by atoms with Gasteiger partial charge in [-0.15, -0.1) is 0 Å². The molecule has 1 aromatic heterocycles. The van der Waals surface area contributed by atoms with E-state index in [4.69, 9.17) is 21.0 Å². The van der Waals surface area contributed by atoms with Gasteiger partial charge >= 0.3 is 6.01 Å². The van der Waals surface area contributed by atoms with Gasteiger partial charge in [0.25, 0.3) is 0 Å². The first-order valence-corrected chi connectivity index (χ1v) is 5.71. The van der Waals surface area contributed by atoms with E-state index in [9.17, 15) is 0 Å². The maximum Gasteiger partial charge on any atom is 0.316 e. The number of hydrogen-bond acceptors (Lipinski definition) is 5. The fourth-order valence-electron chi connectivity index (χ4n) is 1.52. The number of amidine groups is 1. The van der Waals surface area contributed by atoms with Crippen molar-refractivity contribution in [3.05, 3.63) is 42.2 Å². The van der Waals surface area contributed by atoms with Crippen molar-refractivity contribution < 1.29 is 9.84 Å². The summed E-state index contributed by atoms with van der Waals surface area (Å²) in [5.74, 6) is 0.0375. The molecule has 0 unspecified atom stereocenters. The largest absolute Gasteiger partial charge is 0.461 e. The summed E-state index contributed by atoms with van der Waals surface area (Å²) < 4.78 is 5.08. The third kappa shape index (κ3) is 3.26. The lowest BCUT2D eigenvalue weighted by Gasteiger charge is -2.04. The molecule has 6 nitrogen and oxygen atoms in total. The predicted molar refractivity (Wildman–Crippen MR) is 71.1 cm³/mol. The maximum absolute atomic E-state index is 8.62. The van der Waals surface area contributed by atoms with Gasteiger partial charge in [-0.05, 0) is 5.56 Å². The maximum atomic E-state index is 8.62. The van der Waals surface area contributed by atoms with E-state index in [2.05, 4.69) is 9.97 Å². The lowest BCUT2D eigenvalue weighted by Crippen LogP contribution is -2.10. The van der Waals surface area contributed by atoms with Crippen LogP contribution in [0, 0.1) is 5.41 Å². The Morgan fingerprint density at radius 2 is 1.79 bits per heavy atom. The molecule has 4 N–H and O–H groups in total. The first kappa shape index (κ1) is 13.0. The van der Waals surface area contributed by atoms with Gasteiger partial charge in [-0.25, -0.2) is 9.97 Å². The molecule has 0 saturated heterocycles. The van der Waals surface area contributed by atoms with Crippen molar-refractivity contribution in [2.45, 2.75) is 0 Å². The van der Waals surface area contributed by atoms with Crippen molar-refractivity contribution in [2.75, 3.05) is 13.2 Å². The zero-order valence-corrected chi connectivity index (χ0v) is 10.2. The molecule has 0 spiro atoms. The fraction of sp³-hybridized carbons (Fsp3) is 0.154. The Kier molecular flexibility index (Phi) is 4.04. The van der Waals surface area contributed by atoms with Gasteiger partial charge in [0, 0.05) is 23.5 Å². The van der Waals surface area contributed by atoms with E-state index >= 15 is 0 Å². The quantitative estimate of drug-likeness (QED) is 0.543. The summed E-state index contributed by atoms with van der Waals surface area (Å²) in [7, 11) is 0. The molecule has 0 radical (unpaired) electrons. The highest BCUT2D eigenvalue weighted by molar-refractivity contribution is 5.95. The Morgan fingerprint density at radius 1 is 1.16 bits per heavy atom. The first-order chi connectivity index (χ1) is 9.20. The Bertz CT molecular complexity index is 552. The molecule has 0 saturated carbocycles. The predicted octanol–water partition coefficient (Wildman–Crippen LogP) is 0.799. The Morgan fingerprint density at radius 3 is 2.32 bits per heavy atom. The zero-order valence-electron chi connectivity index (χ0n) is 10.2. The van der Waals surface area contributed by atoms with Crippen LogP contribution >= 0.6 is 0 Å². The summed E-state index contributed by atoms with van der Waals surface area (Å²) in [4.78, 5) is 8.08. The van der Waals surface area contributed by atoms with Crippen LogP contribution in [0.2, 0.25) is 0 Å². The van der Waals surface area contributed by atoms with Gasteiger partial charge in [0.2, 0.25) is 0 Å². The van der Waals surface area contributed by atoms with Crippen LogP contribution < -0.4 is 10.5 Å². The summed E-state index contributed by atoms with van der Waals surface area (Å²) in [6.07, 6.45) is 3.28. The van der Waals surface area contributed by atoms with Crippen LogP contribution in [0.1, 0.15) is 5.56 Å². The van der Waals surface area contributed by atoms with E-state index in [1.165, 1.54) is 0 Å². The molecular weight excluding hydrogens is 244 g/mol. The van der Waals surface area contributed by atoms with Crippen molar-refractivity contribution in [1.82, 2.24) is 9.97 Å². The average Bonchev–Trinajstić information content (AvgIpc) is 2.46. The second-order valence-electron chi connectivity index (χ2n) is 3.82. The van der Waals surface area contributed by atoms with E-state index in [-0.39, 0.29) is 25.1 Å². The van der Waals surface area contributed by atoms with Gasteiger partial charge in [0.05, 0.1) is 6.61 Å². The van der Waals surface area contributed by atoms with E-state index in [0.717, 1.165) is 11.1 Å². The van der Waals surface area contributed by atoms with Crippen molar-refractivity contribution in [3.8, 4) is 17.1 Å². The number of benzene rings is 1. The molecule has 0 aliphatic rings. The highest BCUT2D eigenvalue weighted by atomic mass is 16.5. The van der Waals surface area contributed by atoms with Gasteiger partial charge in [0.15, 0.2) is 0 Å². The fourth-order valence-corrected chi connectivity index (χ4v) is 1.52. The number of nitrogen functional groups attached to an aromatic ring is 1. The molecule has 0 amide bonds. The molecule has 2 rings (SSSR count). The molecule has 6 heteroatoms. The van der Waals surface area contributed by atoms with Gasteiger partial charge < -0.3 is 15.6 Å². The standard InChI is InChI=1S/C13H14N4O2/c14-12(15)10-3-1-9(2-4-10)11-7-16-13(17-8-11)19-6-5-18/h1-4,7-8,18H,5-6H2,(H3,14,15). The summed E-state index contributed by atoms with van der Waals surface area (Å²) in [5.41, 5.74) is 7.83. The Hall–Kier alpha value is -2.47. The number of nitrogens with zero attached hydrogens (tertiary/aromatic N) is 2. The minimum atomic E-state index is -0.0718. The highest BCUT2D eigenvalue weighted by Crippen LogP contribution is 2.19. The number of ether oxygens (including phenoxy) is 1. The smallest absolute Gasteiger partial charge is 0.316 e. The van der Waals surface area contributed by atoms with E-state index in [1.807, 2.05) is 12.1 Å². The molecule has 0 bridgehead atoms. The number of nitrogens with two attached hydrogens (primary N) is 1. The molecule has 19 heavy (non-hydrogen) atoms. The van der Waals surface area contributed by atoms with Crippen molar-refractivity contribution >= 4 is 5.84 Å². The molecule has 0 aliphatic heterocycles. The van der Waals surface area contributed by atoms with Gasteiger partial charge in [0.1, 0.15) is 12.4 Å². The van der Waals surface area contributed by atoms with Crippen molar-refractivity contribution in [2.24, 2.45) is 5.73 Å².